The summed E-state index contributed by atoms with van der Waals surface area (Å²) < 4.78 is 0. The Kier molecular flexibility index (Phi) is 5.44. The molecule has 0 N–H and O–H groups in total. The third-order valence-electron chi connectivity index (χ3n) is 3.47. The van der Waals surface area contributed by atoms with Crippen LogP contribution in [0.3, 0.4) is 0 Å². The van der Waals surface area contributed by atoms with E-state index in [1.807, 2.05) is 6.08 Å². The highest BCUT2D eigenvalue weighted by Gasteiger charge is 2.19. The molecule has 0 spiro atoms. The van der Waals surface area contributed by atoms with Crippen LogP contribution in [0.1, 0.15) is 52.4 Å². The average molecular weight is 222 g/mol. The van der Waals surface area contributed by atoms with E-state index in [4.69, 9.17) is 0 Å². The first-order valence-electron chi connectivity index (χ1n) is 6.38. The van der Waals surface area contributed by atoms with Crippen molar-refractivity contribution in [1.82, 2.24) is 0 Å². The Balaban J connectivity index is 0.000000160. The van der Waals surface area contributed by atoms with Crippen LogP contribution in [0.25, 0.3) is 0 Å². The maximum absolute atomic E-state index is 10.6. The maximum atomic E-state index is 10.6. The molecular formula is C14H22O2. The number of carbonyl (C=O) groups excluding carboxylic acids is 2. The molecule has 0 heterocycles. The molecule has 2 aliphatic carbocycles. The standard InChI is InChI=1S/C7H12O.C7H10O/c2*1-2-6-3-4-7(8)5-6/h6H,2-5H2,1H3;3-4,6H,2,5H2,1H3/t2*6-/m11/s1. The molecule has 0 saturated heterocycles. The third-order valence-corrected chi connectivity index (χ3v) is 3.47. The van der Waals surface area contributed by atoms with Gasteiger partial charge in [0.05, 0.1) is 0 Å². The molecule has 2 nitrogen and oxygen atoms in total. The number of allylic oxidation sites excluding steroid dienone is 2. The van der Waals surface area contributed by atoms with E-state index < -0.39 is 0 Å². The van der Waals surface area contributed by atoms with Crippen molar-refractivity contribution in [1.29, 1.82) is 0 Å². The molecule has 0 aromatic heterocycles. The Hall–Kier alpha value is -0.920. The summed E-state index contributed by atoms with van der Waals surface area (Å²) in [6, 6.07) is 0. The summed E-state index contributed by atoms with van der Waals surface area (Å²) in [5, 5.41) is 0. The molecule has 0 amide bonds. The van der Waals surface area contributed by atoms with Crippen LogP contribution >= 0.6 is 0 Å². The molecule has 2 aliphatic rings. The van der Waals surface area contributed by atoms with Gasteiger partial charge in [0, 0.05) is 19.3 Å². The minimum Gasteiger partial charge on any atom is -0.300 e. The van der Waals surface area contributed by atoms with Gasteiger partial charge in [0.2, 0.25) is 0 Å². The second-order valence-corrected chi connectivity index (χ2v) is 4.75. The van der Waals surface area contributed by atoms with E-state index in [9.17, 15) is 9.59 Å². The molecule has 0 aromatic rings. The Morgan fingerprint density at radius 2 is 1.94 bits per heavy atom. The summed E-state index contributed by atoms with van der Waals surface area (Å²) in [5.41, 5.74) is 0. The highest BCUT2D eigenvalue weighted by molar-refractivity contribution is 5.92. The zero-order chi connectivity index (χ0) is 12.0. The van der Waals surface area contributed by atoms with E-state index in [-0.39, 0.29) is 5.78 Å². The van der Waals surface area contributed by atoms with Gasteiger partial charge in [-0.25, -0.2) is 0 Å². The van der Waals surface area contributed by atoms with E-state index >= 15 is 0 Å². The lowest BCUT2D eigenvalue weighted by Crippen LogP contribution is -1.92. The number of ketones is 2. The van der Waals surface area contributed by atoms with Crippen molar-refractivity contribution in [3.8, 4) is 0 Å². The van der Waals surface area contributed by atoms with E-state index in [1.165, 1.54) is 6.42 Å². The van der Waals surface area contributed by atoms with Crippen molar-refractivity contribution in [3.63, 3.8) is 0 Å². The number of carbonyl (C=O) groups is 2. The smallest absolute Gasteiger partial charge is 0.155 e. The van der Waals surface area contributed by atoms with Crippen LogP contribution in [0.5, 0.6) is 0 Å². The average Bonchev–Trinajstić information content (AvgIpc) is 2.88. The quantitative estimate of drug-likeness (QED) is 0.718. The van der Waals surface area contributed by atoms with Crippen LogP contribution in [0, 0.1) is 11.8 Å². The molecule has 0 aliphatic heterocycles. The summed E-state index contributed by atoms with van der Waals surface area (Å²) in [5.74, 6) is 2.03. The molecule has 0 aromatic carbocycles. The number of rotatable bonds is 2. The van der Waals surface area contributed by atoms with Gasteiger partial charge >= 0.3 is 0 Å². The molecule has 1 fully saturated rings. The van der Waals surface area contributed by atoms with Crippen LogP contribution in [-0.4, -0.2) is 11.6 Å². The first-order chi connectivity index (χ1) is 7.65. The minimum absolute atomic E-state index is 0.289. The van der Waals surface area contributed by atoms with Crippen molar-refractivity contribution in [2.45, 2.75) is 52.4 Å². The van der Waals surface area contributed by atoms with Crippen molar-refractivity contribution in [3.05, 3.63) is 12.2 Å². The van der Waals surface area contributed by atoms with Crippen LogP contribution in [0.2, 0.25) is 0 Å². The summed E-state index contributed by atoms with van der Waals surface area (Å²) in [4.78, 5) is 21.1. The molecule has 0 radical (unpaired) electrons. The zero-order valence-electron chi connectivity index (χ0n) is 10.4. The predicted molar refractivity (Wildman–Crippen MR) is 65.2 cm³/mol. The summed E-state index contributed by atoms with van der Waals surface area (Å²) in [6.45, 7) is 4.26. The molecule has 2 atom stereocenters. The summed E-state index contributed by atoms with van der Waals surface area (Å²) in [7, 11) is 0. The number of hydrogen-bond donors (Lipinski definition) is 0. The SMILES string of the molecule is CC[C@@H]1C=CC(=O)C1.CC[C@@H]1CCC(=O)C1. The zero-order valence-corrected chi connectivity index (χ0v) is 10.4. The van der Waals surface area contributed by atoms with Gasteiger partial charge in [0.25, 0.3) is 0 Å². The minimum atomic E-state index is 0.289. The Morgan fingerprint density at radius 1 is 1.19 bits per heavy atom. The molecule has 2 rings (SSSR count). The maximum Gasteiger partial charge on any atom is 0.155 e. The van der Waals surface area contributed by atoms with Crippen molar-refractivity contribution < 1.29 is 9.59 Å². The molecule has 1 saturated carbocycles. The summed E-state index contributed by atoms with van der Waals surface area (Å²) >= 11 is 0. The Labute approximate surface area is 98.1 Å². The molecule has 90 valence electrons. The van der Waals surface area contributed by atoms with Gasteiger partial charge in [0.1, 0.15) is 5.78 Å². The number of Topliss-reactive ketones (excluding diaryl/α,β-unsaturated/α-hetero) is 1. The largest absolute Gasteiger partial charge is 0.300 e. The van der Waals surface area contributed by atoms with Gasteiger partial charge < -0.3 is 0 Å². The third kappa shape index (κ3) is 4.30. The van der Waals surface area contributed by atoms with E-state index in [0.717, 1.165) is 38.0 Å². The molecule has 0 unspecified atom stereocenters. The van der Waals surface area contributed by atoms with Crippen molar-refractivity contribution in [2.75, 3.05) is 0 Å². The molecule has 2 heteroatoms. The lowest BCUT2D eigenvalue weighted by molar-refractivity contribution is -0.117. The highest BCUT2D eigenvalue weighted by atomic mass is 16.1. The van der Waals surface area contributed by atoms with Gasteiger partial charge in [-0.05, 0) is 30.8 Å². The first kappa shape index (κ1) is 13.1. The van der Waals surface area contributed by atoms with Crippen molar-refractivity contribution >= 4 is 11.6 Å². The normalized spacial score (nSPS) is 28.1. The van der Waals surface area contributed by atoms with E-state index in [1.54, 1.807) is 6.08 Å². The summed E-state index contributed by atoms with van der Waals surface area (Å²) in [6.07, 6.45) is 9.57. The highest BCUT2D eigenvalue weighted by Crippen LogP contribution is 2.23. The fraction of sp³-hybridized carbons (Fsp3) is 0.714. The van der Waals surface area contributed by atoms with Crippen LogP contribution < -0.4 is 0 Å². The van der Waals surface area contributed by atoms with E-state index in [0.29, 0.717) is 11.7 Å². The van der Waals surface area contributed by atoms with Gasteiger partial charge in [-0.3, -0.25) is 9.59 Å². The molecular weight excluding hydrogens is 200 g/mol. The van der Waals surface area contributed by atoms with Crippen LogP contribution in [-0.2, 0) is 9.59 Å². The Morgan fingerprint density at radius 3 is 2.19 bits per heavy atom. The number of hydrogen-bond acceptors (Lipinski definition) is 2. The van der Waals surface area contributed by atoms with Crippen LogP contribution in [0.4, 0.5) is 0 Å². The fourth-order valence-electron chi connectivity index (χ4n) is 2.16. The molecule has 0 bridgehead atoms. The fourth-order valence-corrected chi connectivity index (χ4v) is 2.16. The van der Waals surface area contributed by atoms with Gasteiger partial charge in [0.15, 0.2) is 5.78 Å². The van der Waals surface area contributed by atoms with Crippen LogP contribution in [0.15, 0.2) is 12.2 Å². The first-order valence-corrected chi connectivity index (χ1v) is 6.38. The van der Waals surface area contributed by atoms with Gasteiger partial charge in [-0.2, -0.15) is 0 Å². The lowest BCUT2D eigenvalue weighted by Gasteiger charge is -1.98. The topological polar surface area (TPSA) is 34.1 Å². The van der Waals surface area contributed by atoms with E-state index in [2.05, 4.69) is 13.8 Å². The van der Waals surface area contributed by atoms with Gasteiger partial charge in [-0.1, -0.05) is 26.3 Å². The second kappa shape index (κ2) is 6.62. The lowest BCUT2D eigenvalue weighted by atomic mass is 10.1. The molecule has 16 heavy (non-hydrogen) atoms. The second-order valence-electron chi connectivity index (χ2n) is 4.75. The van der Waals surface area contributed by atoms with Crippen molar-refractivity contribution in [2.24, 2.45) is 11.8 Å². The van der Waals surface area contributed by atoms with Gasteiger partial charge in [-0.15, -0.1) is 0 Å². The Bertz CT molecular complexity index is 278. The predicted octanol–water partition coefficient (Wildman–Crippen LogP) is 3.31. The monoisotopic (exact) mass is 222 g/mol.